The van der Waals surface area contributed by atoms with Crippen LogP contribution in [0.1, 0.15) is 35.0 Å². The lowest BCUT2D eigenvalue weighted by molar-refractivity contribution is -0.390. The molecule has 0 aliphatic carbocycles. The predicted octanol–water partition coefficient (Wildman–Crippen LogP) is 2.41. The zero-order valence-corrected chi connectivity index (χ0v) is 9.65. The number of rotatable bonds is 4. The van der Waals surface area contributed by atoms with E-state index in [0.29, 0.717) is 0 Å². The number of esters is 1. The van der Waals surface area contributed by atoms with Gasteiger partial charge in [-0.05, 0) is 35.4 Å². The molecule has 1 rings (SSSR count). The maximum absolute atomic E-state index is 12.5. The van der Waals surface area contributed by atoms with Crippen molar-refractivity contribution >= 4 is 11.8 Å². The highest BCUT2D eigenvalue weighted by Gasteiger charge is 2.29. The van der Waals surface area contributed by atoms with Crippen molar-refractivity contribution in [1.82, 2.24) is 4.98 Å². The number of carbonyl (C=O) groups is 1. The van der Waals surface area contributed by atoms with E-state index in [2.05, 4.69) is 9.72 Å². The molecule has 6 nitrogen and oxygen atoms in total. The van der Waals surface area contributed by atoms with Crippen LogP contribution in [0.4, 0.5) is 14.6 Å². The normalized spacial score (nSPS) is 10.5. The average molecular weight is 260 g/mol. The Hall–Kier alpha value is -2.12. The van der Waals surface area contributed by atoms with Gasteiger partial charge < -0.3 is 14.9 Å². The standard InChI is InChI=1S/C10H10F2N2O4/c1-3-18-10(15)7-5(2)4-6(8(11)12)13-9(7)14(16)17/h4,8H,3H2,1-2H3. The number of ether oxygens (including phenoxy) is 1. The number of carbonyl (C=O) groups excluding carboxylic acids is 1. The SMILES string of the molecule is CCOC(=O)c1c(C)cc(C(F)F)nc1[N+](=O)[O-]. The quantitative estimate of drug-likeness (QED) is 0.471. The molecule has 0 saturated heterocycles. The number of nitro groups is 1. The number of nitrogens with zero attached hydrogens (tertiary/aromatic N) is 2. The van der Waals surface area contributed by atoms with E-state index in [4.69, 9.17) is 0 Å². The smallest absolute Gasteiger partial charge is 0.378 e. The fourth-order valence-corrected chi connectivity index (χ4v) is 1.38. The van der Waals surface area contributed by atoms with Crippen molar-refractivity contribution in [2.45, 2.75) is 20.3 Å². The maximum Gasteiger partial charge on any atom is 0.378 e. The first-order chi connectivity index (χ1) is 8.38. The molecule has 98 valence electrons. The van der Waals surface area contributed by atoms with Gasteiger partial charge in [0.1, 0.15) is 0 Å². The topological polar surface area (TPSA) is 82.3 Å². The van der Waals surface area contributed by atoms with Crippen molar-refractivity contribution in [3.8, 4) is 0 Å². The molecule has 1 aromatic heterocycles. The summed E-state index contributed by atoms with van der Waals surface area (Å²) < 4.78 is 29.6. The molecular weight excluding hydrogens is 250 g/mol. The summed E-state index contributed by atoms with van der Waals surface area (Å²) in [6.07, 6.45) is -2.95. The van der Waals surface area contributed by atoms with Gasteiger partial charge in [0.15, 0.2) is 5.56 Å². The van der Waals surface area contributed by atoms with E-state index in [0.717, 1.165) is 6.07 Å². The Kier molecular flexibility index (Phi) is 4.24. The number of halogens is 2. The van der Waals surface area contributed by atoms with Crippen LogP contribution in [0, 0.1) is 17.0 Å². The van der Waals surface area contributed by atoms with E-state index in [1.807, 2.05) is 0 Å². The molecule has 0 N–H and O–H groups in total. The number of hydrogen-bond donors (Lipinski definition) is 0. The summed E-state index contributed by atoms with van der Waals surface area (Å²) in [6.45, 7) is 2.86. The maximum atomic E-state index is 12.5. The minimum absolute atomic E-state index is 0.0199. The van der Waals surface area contributed by atoms with Crippen LogP contribution in [0.2, 0.25) is 0 Å². The van der Waals surface area contributed by atoms with Gasteiger partial charge in [0, 0.05) is 0 Å². The average Bonchev–Trinajstić information content (AvgIpc) is 2.27. The molecule has 0 saturated carbocycles. The Bertz CT molecular complexity index is 491. The second-order valence-electron chi connectivity index (χ2n) is 3.34. The van der Waals surface area contributed by atoms with Crippen LogP contribution in [0.15, 0.2) is 6.07 Å². The molecule has 0 atom stereocenters. The summed E-state index contributed by atoms with van der Waals surface area (Å²) in [5.41, 5.74) is -1.11. The lowest BCUT2D eigenvalue weighted by Gasteiger charge is -2.06. The van der Waals surface area contributed by atoms with Gasteiger partial charge in [-0.15, -0.1) is 0 Å². The molecule has 1 aromatic rings. The highest BCUT2D eigenvalue weighted by atomic mass is 19.3. The monoisotopic (exact) mass is 260 g/mol. The van der Waals surface area contributed by atoms with Crippen LogP contribution >= 0.6 is 0 Å². The number of pyridine rings is 1. The minimum Gasteiger partial charge on any atom is -0.462 e. The molecule has 8 heteroatoms. The van der Waals surface area contributed by atoms with Crippen molar-refractivity contribution < 1.29 is 23.2 Å². The second-order valence-corrected chi connectivity index (χ2v) is 3.34. The predicted molar refractivity (Wildman–Crippen MR) is 56.5 cm³/mol. The molecule has 0 fully saturated rings. The third-order valence-electron chi connectivity index (χ3n) is 2.09. The Morgan fingerprint density at radius 1 is 1.61 bits per heavy atom. The van der Waals surface area contributed by atoms with E-state index in [1.165, 1.54) is 13.8 Å². The second kappa shape index (κ2) is 5.48. The molecule has 0 radical (unpaired) electrons. The summed E-state index contributed by atoms with van der Waals surface area (Å²) in [4.78, 5) is 24.5. The third-order valence-corrected chi connectivity index (χ3v) is 2.09. The molecule has 0 amide bonds. The van der Waals surface area contributed by atoms with Gasteiger partial charge in [-0.1, -0.05) is 0 Å². The number of aryl methyl sites for hydroxylation is 1. The minimum atomic E-state index is -2.95. The van der Waals surface area contributed by atoms with E-state index >= 15 is 0 Å². The number of aromatic nitrogens is 1. The first-order valence-electron chi connectivity index (χ1n) is 4.99. The highest BCUT2D eigenvalue weighted by molar-refractivity contribution is 5.94. The van der Waals surface area contributed by atoms with E-state index in [1.54, 1.807) is 0 Å². The van der Waals surface area contributed by atoms with Crippen molar-refractivity contribution in [1.29, 1.82) is 0 Å². The van der Waals surface area contributed by atoms with Crippen molar-refractivity contribution in [2.24, 2.45) is 0 Å². The Morgan fingerprint density at radius 2 is 2.22 bits per heavy atom. The third kappa shape index (κ3) is 2.76. The Labute approximate surface area is 101 Å². The van der Waals surface area contributed by atoms with Gasteiger partial charge in [-0.25, -0.2) is 13.6 Å². The molecule has 0 aromatic carbocycles. The van der Waals surface area contributed by atoms with Crippen molar-refractivity contribution in [3.05, 3.63) is 33.0 Å². The molecule has 0 spiro atoms. The van der Waals surface area contributed by atoms with E-state index in [-0.39, 0.29) is 12.2 Å². The van der Waals surface area contributed by atoms with Gasteiger partial charge >= 0.3 is 18.2 Å². The molecule has 0 aliphatic rings. The fraction of sp³-hybridized carbons (Fsp3) is 0.400. The first kappa shape index (κ1) is 13.9. The van der Waals surface area contributed by atoms with E-state index in [9.17, 15) is 23.7 Å². The van der Waals surface area contributed by atoms with Crippen LogP contribution in [0.5, 0.6) is 0 Å². The van der Waals surface area contributed by atoms with Gasteiger partial charge in [0.2, 0.25) is 5.69 Å². The molecule has 0 bridgehead atoms. The van der Waals surface area contributed by atoms with Crippen LogP contribution in [0.25, 0.3) is 0 Å². The van der Waals surface area contributed by atoms with Crippen molar-refractivity contribution in [2.75, 3.05) is 6.61 Å². The summed E-state index contributed by atoms with van der Waals surface area (Å²) in [5.74, 6) is -1.86. The van der Waals surface area contributed by atoms with Crippen LogP contribution in [-0.2, 0) is 4.74 Å². The van der Waals surface area contributed by atoms with Crippen molar-refractivity contribution in [3.63, 3.8) is 0 Å². The van der Waals surface area contributed by atoms with Crippen LogP contribution in [0.3, 0.4) is 0 Å². The Morgan fingerprint density at radius 3 is 2.67 bits per heavy atom. The summed E-state index contributed by atoms with van der Waals surface area (Å²) >= 11 is 0. The largest absolute Gasteiger partial charge is 0.462 e. The molecule has 0 unspecified atom stereocenters. The zero-order chi connectivity index (χ0) is 13.9. The van der Waals surface area contributed by atoms with Gasteiger partial charge in [0.05, 0.1) is 6.61 Å². The van der Waals surface area contributed by atoms with Gasteiger partial charge in [-0.2, -0.15) is 0 Å². The van der Waals surface area contributed by atoms with E-state index < -0.39 is 34.4 Å². The van der Waals surface area contributed by atoms with Crippen LogP contribution < -0.4 is 0 Å². The number of hydrogen-bond acceptors (Lipinski definition) is 5. The summed E-state index contributed by atoms with van der Waals surface area (Å²) in [5, 5.41) is 10.7. The van der Waals surface area contributed by atoms with Gasteiger partial charge in [-0.3, -0.25) is 0 Å². The molecule has 0 aliphatic heterocycles. The lowest BCUT2D eigenvalue weighted by atomic mass is 10.1. The van der Waals surface area contributed by atoms with Crippen LogP contribution in [-0.4, -0.2) is 22.5 Å². The zero-order valence-electron chi connectivity index (χ0n) is 9.65. The molecule has 1 heterocycles. The lowest BCUT2D eigenvalue weighted by Crippen LogP contribution is -2.12. The Balaban J connectivity index is 3.41. The summed E-state index contributed by atoms with van der Waals surface area (Å²) in [6, 6.07) is 0.934. The first-order valence-corrected chi connectivity index (χ1v) is 4.99. The van der Waals surface area contributed by atoms with Gasteiger partial charge in [0.25, 0.3) is 0 Å². The summed E-state index contributed by atoms with van der Waals surface area (Å²) in [7, 11) is 0. The molecule has 18 heavy (non-hydrogen) atoms. The fourth-order valence-electron chi connectivity index (χ4n) is 1.38. The molecular formula is C10H10F2N2O4. The highest BCUT2D eigenvalue weighted by Crippen LogP contribution is 2.26. The number of alkyl halides is 2.